The van der Waals surface area contributed by atoms with Gasteiger partial charge in [-0.05, 0) is 39.3 Å². The largest absolute Gasteiger partial charge is 0.329 e. The van der Waals surface area contributed by atoms with E-state index in [0.29, 0.717) is 0 Å². The monoisotopic (exact) mass is 258 g/mol. The second kappa shape index (κ2) is 5.53. The molecule has 0 saturated heterocycles. The van der Waals surface area contributed by atoms with Gasteiger partial charge in [0, 0.05) is 30.2 Å². The van der Waals surface area contributed by atoms with Crippen LogP contribution in [0.5, 0.6) is 0 Å². The van der Waals surface area contributed by atoms with E-state index in [1.807, 2.05) is 31.7 Å². The van der Waals surface area contributed by atoms with Crippen LogP contribution in [0.3, 0.4) is 0 Å². The third kappa shape index (κ3) is 4.17. The normalized spacial score (nSPS) is 11.8. The summed E-state index contributed by atoms with van der Waals surface area (Å²) in [5, 5.41) is 3.48. The zero-order chi connectivity index (χ0) is 13.9. The van der Waals surface area contributed by atoms with Crippen LogP contribution in [0.4, 0.5) is 0 Å². The van der Waals surface area contributed by atoms with Crippen molar-refractivity contribution in [2.75, 3.05) is 0 Å². The van der Waals surface area contributed by atoms with E-state index in [-0.39, 0.29) is 5.54 Å². The standard InChI is InChI=1S/C15H22N4/c1-12-5-6-13(7-17-12)10-19-11-16-8-14(19)9-18-15(2,3)4/h5-8,11,18H,9-10H2,1-4H3. The summed E-state index contributed by atoms with van der Waals surface area (Å²) in [6, 6.07) is 4.16. The number of aryl methyl sites for hydroxylation is 1. The van der Waals surface area contributed by atoms with Gasteiger partial charge in [0.25, 0.3) is 0 Å². The van der Waals surface area contributed by atoms with Gasteiger partial charge in [-0.1, -0.05) is 6.07 Å². The molecule has 2 aromatic heterocycles. The summed E-state index contributed by atoms with van der Waals surface area (Å²) in [5.74, 6) is 0. The van der Waals surface area contributed by atoms with E-state index >= 15 is 0 Å². The van der Waals surface area contributed by atoms with E-state index in [2.05, 4.69) is 46.7 Å². The zero-order valence-corrected chi connectivity index (χ0v) is 12.1. The van der Waals surface area contributed by atoms with Gasteiger partial charge in [0.05, 0.1) is 18.6 Å². The smallest absolute Gasteiger partial charge is 0.0951 e. The fourth-order valence-corrected chi connectivity index (χ4v) is 1.78. The Bertz CT molecular complexity index is 520. The van der Waals surface area contributed by atoms with Crippen LogP contribution in [0.15, 0.2) is 30.9 Å². The maximum absolute atomic E-state index is 4.33. The Labute approximate surface area is 114 Å². The zero-order valence-electron chi connectivity index (χ0n) is 12.1. The van der Waals surface area contributed by atoms with Crippen LogP contribution in [0.2, 0.25) is 0 Å². The fourth-order valence-electron chi connectivity index (χ4n) is 1.78. The van der Waals surface area contributed by atoms with Gasteiger partial charge in [-0.15, -0.1) is 0 Å². The Balaban J connectivity index is 2.05. The molecule has 0 amide bonds. The molecular weight excluding hydrogens is 236 g/mol. The van der Waals surface area contributed by atoms with Crippen LogP contribution in [0, 0.1) is 6.92 Å². The number of hydrogen-bond donors (Lipinski definition) is 1. The van der Waals surface area contributed by atoms with Gasteiger partial charge in [-0.2, -0.15) is 0 Å². The third-order valence-electron chi connectivity index (χ3n) is 2.92. The third-order valence-corrected chi connectivity index (χ3v) is 2.92. The number of rotatable bonds is 4. The van der Waals surface area contributed by atoms with Gasteiger partial charge in [0.15, 0.2) is 0 Å². The molecule has 0 fully saturated rings. The Kier molecular flexibility index (Phi) is 4.00. The molecular formula is C15H22N4. The van der Waals surface area contributed by atoms with E-state index in [1.165, 1.54) is 11.3 Å². The van der Waals surface area contributed by atoms with Crippen molar-refractivity contribution in [3.63, 3.8) is 0 Å². The van der Waals surface area contributed by atoms with Crippen molar-refractivity contribution in [3.8, 4) is 0 Å². The Hall–Kier alpha value is -1.68. The molecule has 0 atom stereocenters. The van der Waals surface area contributed by atoms with Gasteiger partial charge in [-0.3, -0.25) is 4.98 Å². The first-order chi connectivity index (χ1) is 8.94. The number of nitrogens with one attached hydrogen (secondary N) is 1. The van der Waals surface area contributed by atoms with E-state index in [0.717, 1.165) is 18.8 Å². The molecule has 0 saturated carbocycles. The summed E-state index contributed by atoms with van der Waals surface area (Å²) in [6.07, 6.45) is 5.72. The molecule has 0 aromatic carbocycles. The SMILES string of the molecule is Cc1ccc(Cn2cncc2CNC(C)(C)C)cn1. The van der Waals surface area contributed by atoms with Crippen LogP contribution >= 0.6 is 0 Å². The Morgan fingerprint density at radius 3 is 2.63 bits per heavy atom. The minimum absolute atomic E-state index is 0.112. The molecule has 2 aromatic rings. The summed E-state index contributed by atoms with van der Waals surface area (Å²) < 4.78 is 2.16. The summed E-state index contributed by atoms with van der Waals surface area (Å²) in [7, 11) is 0. The molecule has 4 nitrogen and oxygen atoms in total. The highest BCUT2D eigenvalue weighted by molar-refractivity contribution is 5.14. The first-order valence-corrected chi connectivity index (χ1v) is 6.59. The second-order valence-corrected chi connectivity index (χ2v) is 5.92. The first kappa shape index (κ1) is 13.7. The van der Waals surface area contributed by atoms with Crippen molar-refractivity contribution >= 4 is 0 Å². The van der Waals surface area contributed by atoms with Gasteiger partial charge >= 0.3 is 0 Å². The molecule has 0 radical (unpaired) electrons. The molecule has 102 valence electrons. The minimum atomic E-state index is 0.112. The molecule has 2 heterocycles. The topological polar surface area (TPSA) is 42.7 Å². The summed E-state index contributed by atoms with van der Waals surface area (Å²) in [5.41, 5.74) is 3.54. The van der Waals surface area contributed by atoms with Crippen molar-refractivity contribution < 1.29 is 0 Å². The number of imidazole rings is 1. The molecule has 1 N–H and O–H groups in total. The van der Waals surface area contributed by atoms with Crippen molar-refractivity contribution in [1.82, 2.24) is 19.9 Å². The molecule has 0 unspecified atom stereocenters. The summed E-state index contributed by atoms with van der Waals surface area (Å²) >= 11 is 0. The predicted molar refractivity (Wildman–Crippen MR) is 76.9 cm³/mol. The highest BCUT2D eigenvalue weighted by Crippen LogP contribution is 2.08. The van der Waals surface area contributed by atoms with Crippen molar-refractivity contribution in [1.29, 1.82) is 0 Å². The van der Waals surface area contributed by atoms with E-state index in [9.17, 15) is 0 Å². The molecule has 0 aliphatic heterocycles. The summed E-state index contributed by atoms with van der Waals surface area (Å²) in [4.78, 5) is 8.56. The highest BCUT2D eigenvalue weighted by Gasteiger charge is 2.10. The van der Waals surface area contributed by atoms with Gasteiger partial charge < -0.3 is 9.88 Å². The van der Waals surface area contributed by atoms with E-state index < -0.39 is 0 Å². The lowest BCUT2D eigenvalue weighted by molar-refractivity contribution is 0.417. The maximum Gasteiger partial charge on any atom is 0.0951 e. The second-order valence-electron chi connectivity index (χ2n) is 5.92. The Morgan fingerprint density at radius 2 is 2.00 bits per heavy atom. The molecule has 2 rings (SSSR count). The molecule has 0 spiro atoms. The number of pyridine rings is 1. The van der Waals surface area contributed by atoms with Crippen LogP contribution in [-0.4, -0.2) is 20.1 Å². The molecule has 4 heteroatoms. The van der Waals surface area contributed by atoms with Crippen molar-refractivity contribution in [3.05, 3.63) is 47.8 Å². The van der Waals surface area contributed by atoms with Crippen LogP contribution < -0.4 is 5.32 Å². The quantitative estimate of drug-likeness (QED) is 0.916. The van der Waals surface area contributed by atoms with Gasteiger partial charge in [-0.25, -0.2) is 4.98 Å². The minimum Gasteiger partial charge on any atom is -0.329 e. The van der Waals surface area contributed by atoms with Crippen LogP contribution in [0.1, 0.15) is 37.7 Å². The van der Waals surface area contributed by atoms with Crippen molar-refractivity contribution in [2.45, 2.75) is 46.3 Å². The maximum atomic E-state index is 4.33. The van der Waals surface area contributed by atoms with Crippen molar-refractivity contribution in [2.24, 2.45) is 0 Å². The van der Waals surface area contributed by atoms with Crippen LogP contribution in [0.25, 0.3) is 0 Å². The highest BCUT2D eigenvalue weighted by atomic mass is 15.1. The summed E-state index contributed by atoms with van der Waals surface area (Å²) in [6.45, 7) is 10.1. The molecule has 19 heavy (non-hydrogen) atoms. The molecule has 0 aliphatic rings. The van der Waals surface area contributed by atoms with E-state index in [1.54, 1.807) is 0 Å². The van der Waals surface area contributed by atoms with E-state index in [4.69, 9.17) is 0 Å². The number of hydrogen-bond acceptors (Lipinski definition) is 3. The number of nitrogens with zero attached hydrogens (tertiary/aromatic N) is 3. The average Bonchev–Trinajstić information content (AvgIpc) is 2.76. The lowest BCUT2D eigenvalue weighted by Crippen LogP contribution is -2.35. The lowest BCUT2D eigenvalue weighted by atomic mass is 10.1. The number of aromatic nitrogens is 3. The predicted octanol–water partition coefficient (Wildman–Crippen LogP) is 2.52. The van der Waals surface area contributed by atoms with Gasteiger partial charge in [0.2, 0.25) is 0 Å². The molecule has 0 bridgehead atoms. The first-order valence-electron chi connectivity index (χ1n) is 6.59. The Morgan fingerprint density at radius 1 is 1.21 bits per heavy atom. The van der Waals surface area contributed by atoms with Gasteiger partial charge in [0.1, 0.15) is 0 Å². The fraction of sp³-hybridized carbons (Fsp3) is 0.467. The lowest BCUT2D eigenvalue weighted by Gasteiger charge is -2.21. The molecule has 0 aliphatic carbocycles. The van der Waals surface area contributed by atoms with Crippen LogP contribution in [-0.2, 0) is 13.1 Å². The average molecular weight is 258 g/mol.